The number of aliphatic hydroxyl groups excluding tert-OH is 1. The second kappa shape index (κ2) is 19.4. The van der Waals surface area contributed by atoms with Gasteiger partial charge >= 0.3 is 6.09 Å². The van der Waals surface area contributed by atoms with E-state index in [0.29, 0.717) is 48.0 Å². The van der Waals surface area contributed by atoms with Crippen molar-refractivity contribution in [3.63, 3.8) is 0 Å². The lowest BCUT2D eigenvalue weighted by Gasteiger charge is -2.31. The molecule has 11 nitrogen and oxygen atoms in total. The number of likely N-dealkylation sites (tertiary alicyclic amines) is 1. The Bertz CT molecular complexity index is 1590. The van der Waals surface area contributed by atoms with Gasteiger partial charge in [-0.25, -0.2) is 4.79 Å². The Hall–Kier alpha value is -4.16. The van der Waals surface area contributed by atoms with Crippen LogP contribution in [0.4, 0.5) is 16.2 Å². The Morgan fingerprint density at radius 2 is 1.63 bits per heavy atom. The van der Waals surface area contributed by atoms with E-state index in [4.69, 9.17) is 25.8 Å². The van der Waals surface area contributed by atoms with Crippen LogP contribution in [0.1, 0.15) is 58.4 Å². The first-order chi connectivity index (χ1) is 24.5. The van der Waals surface area contributed by atoms with Crippen LogP contribution in [0.15, 0.2) is 66.7 Å². The van der Waals surface area contributed by atoms with Crippen LogP contribution in [0.5, 0.6) is 5.75 Å². The zero-order valence-electron chi connectivity index (χ0n) is 30.1. The van der Waals surface area contributed by atoms with Gasteiger partial charge in [0.2, 0.25) is 11.8 Å². The Morgan fingerprint density at radius 3 is 2.31 bits per heavy atom. The van der Waals surface area contributed by atoms with Crippen molar-refractivity contribution in [2.24, 2.45) is 0 Å². The second-order valence-corrected chi connectivity index (χ2v) is 14.0. The van der Waals surface area contributed by atoms with Crippen molar-refractivity contribution in [1.29, 1.82) is 0 Å². The topological polar surface area (TPSA) is 130 Å². The summed E-state index contributed by atoms with van der Waals surface area (Å²) in [5, 5.41) is 15.4. The van der Waals surface area contributed by atoms with E-state index in [1.165, 1.54) is 7.11 Å². The van der Waals surface area contributed by atoms with Gasteiger partial charge < -0.3 is 39.8 Å². The monoisotopic (exact) mass is 722 g/mol. The molecule has 12 heteroatoms. The van der Waals surface area contributed by atoms with Crippen molar-refractivity contribution in [2.75, 3.05) is 57.1 Å². The summed E-state index contributed by atoms with van der Waals surface area (Å²) >= 11 is 6.61. The molecular weight excluding hydrogens is 672 g/mol. The van der Waals surface area contributed by atoms with Gasteiger partial charge in [-0.15, -0.1) is 0 Å². The first kappa shape index (κ1) is 39.6. The van der Waals surface area contributed by atoms with E-state index in [2.05, 4.69) is 15.5 Å². The van der Waals surface area contributed by atoms with E-state index in [1.54, 1.807) is 37.8 Å². The second-order valence-electron chi connectivity index (χ2n) is 13.6. The SMILES string of the molecule is COc1cc(NC(=O)CCN2CCC(OCC(=O)Nc3ccccc3-c3ccccc3)CC2)c(Cl)cc1CN(CCCCO)C(=O)OC(C)(C)C. The fourth-order valence-corrected chi connectivity index (χ4v) is 6.03. The molecule has 0 atom stereocenters. The van der Waals surface area contributed by atoms with Gasteiger partial charge in [0.15, 0.2) is 0 Å². The highest BCUT2D eigenvalue weighted by molar-refractivity contribution is 6.33. The van der Waals surface area contributed by atoms with E-state index in [1.807, 2.05) is 54.6 Å². The van der Waals surface area contributed by atoms with Gasteiger partial charge in [-0.1, -0.05) is 60.1 Å². The van der Waals surface area contributed by atoms with Crippen LogP contribution >= 0.6 is 11.6 Å². The Labute approximate surface area is 306 Å². The molecule has 1 aliphatic heterocycles. The maximum atomic E-state index is 12.9. The molecule has 0 aliphatic carbocycles. The summed E-state index contributed by atoms with van der Waals surface area (Å²) in [5.41, 5.74) is 3.15. The zero-order chi connectivity index (χ0) is 36.8. The number of carbonyl (C=O) groups is 3. The van der Waals surface area contributed by atoms with Gasteiger partial charge in [0.05, 0.1) is 30.5 Å². The van der Waals surface area contributed by atoms with Crippen LogP contribution in [0.2, 0.25) is 5.02 Å². The van der Waals surface area contributed by atoms with E-state index < -0.39 is 11.7 Å². The van der Waals surface area contributed by atoms with E-state index >= 15 is 0 Å². The fourth-order valence-electron chi connectivity index (χ4n) is 5.80. The lowest BCUT2D eigenvalue weighted by atomic mass is 10.0. The fraction of sp³-hybridized carbons (Fsp3) is 0.462. The quantitative estimate of drug-likeness (QED) is 0.135. The number of nitrogens with zero attached hydrogens (tertiary/aromatic N) is 2. The van der Waals surface area contributed by atoms with Gasteiger partial charge in [-0.3, -0.25) is 9.59 Å². The highest BCUT2D eigenvalue weighted by atomic mass is 35.5. The number of carbonyl (C=O) groups excluding carboxylic acids is 3. The molecule has 0 bridgehead atoms. The first-order valence-electron chi connectivity index (χ1n) is 17.5. The normalized spacial score (nSPS) is 13.8. The third-order valence-electron chi connectivity index (χ3n) is 8.42. The molecule has 3 amide bonds. The molecule has 0 saturated carbocycles. The van der Waals surface area contributed by atoms with Crippen LogP contribution in [0.3, 0.4) is 0 Å². The van der Waals surface area contributed by atoms with Crippen molar-refractivity contribution < 1.29 is 33.7 Å². The third kappa shape index (κ3) is 12.8. The number of hydrogen-bond acceptors (Lipinski definition) is 8. The van der Waals surface area contributed by atoms with Crippen LogP contribution in [0, 0.1) is 0 Å². The number of para-hydroxylation sites is 1. The first-order valence-corrected chi connectivity index (χ1v) is 17.9. The smallest absolute Gasteiger partial charge is 0.410 e. The number of amides is 3. The summed E-state index contributed by atoms with van der Waals surface area (Å²) < 4.78 is 17.2. The molecular formula is C39H51ClN4O7. The Balaban J connectivity index is 1.22. The molecule has 276 valence electrons. The Morgan fingerprint density at radius 1 is 0.941 bits per heavy atom. The highest BCUT2D eigenvalue weighted by Gasteiger charge is 2.25. The number of nitrogens with one attached hydrogen (secondary N) is 2. The van der Waals surface area contributed by atoms with E-state index in [0.717, 1.165) is 42.7 Å². The standard InChI is InChI=1S/C39H51ClN4O7/c1-39(2,3)51-38(48)44(19-10-11-23-45)26-29-24-32(40)34(25-35(29)49-4)42-36(46)18-22-43-20-16-30(17-21-43)50-27-37(47)41-33-15-9-8-14-31(33)28-12-6-5-7-13-28/h5-9,12-15,24-25,30,45H,10-11,16-23,26-27H2,1-4H3,(H,41,47)(H,42,46). The van der Waals surface area contributed by atoms with Crippen molar-refractivity contribution >= 4 is 40.9 Å². The number of unbranched alkanes of at least 4 members (excludes halogenated alkanes) is 1. The van der Waals surface area contributed by atoms with Gasteiger partial charge in [0.25, 0.3) is 0 Å². The molecule has 1 fully saturated rings. The minimum absolute atomic E-state index is 0.0258. The number of rotatable bonds is 16. The minimum atomic E-state index is -0.666. The van der Waals surface area contributed by atoms with Crippen LogP contribution in [0.25, 0.3) is 11.1 Å². The molecule has 1 saturated heterocycles. The lowest BCUT2D eigenvalue weighted by Crippen LogP contribution is -2.39. The van der Waals surface area contributed by atoms with Crippen molar-refractivity contribution in [2.45, 2.75) is 71.1 Å². The molecule has 3 N–H and O–H groups in total. The number of aliphatic hydroxyl groups is 1. The van der Waals surface area contributed by atoms with E-state index in [-0.39, 0.29) is 44.1 Å². The van der Waals surface area contributed by atoms with Gasteiger partial charge in [0, 0.05) is 62.1 Å². The third-order valence-corrected chi connectivity index (χ3v) is 8.73. The number of benzene rings is 3. The van der Waals surface area contributed by atoms with Crippen molar-refractivity contribution in [3.8, 4) is 16.9 Å². The zero-order valence-corrected chi connectivity index (χ0v) is 30.8. The molecule has 0 radical (unpaired) electrons. The van der Waals surface area contributed by atoms with Crippen LogP contribution < -0.4 is 15.4 Å². The molecule has 0 spiro atoms. The van der Waals surface area contributed by atoms with Crippen LogP contribution in [-0.4, -0.2) is 91.0 Å². The summed E-state index contributed by atoms with van der Waals surface area (Å²) in [6.45, 7) is 8.08. The summed E-state index contributed by atoms with van der Waals surface area (Å²) in [6.07, 6.45) is 2.45. The number of methoxy groups -OCH3 is 1. The maximum Gasteiger partial charge on any atom is 0.410 e. The van der Waals surface area contributed by atoms with Crippen molar-refractivity contribution in [3.05, 3.63) is 77.3 Å². The molecule has 1 heterocycles. The molecule has 0 aromatic heterocycles. The number of ether oxygens (including phenoxy) is 3. The maximum absolute atomic E-state index is 12.9. The Kier molecular flexibility index (Phi) is 15.1. The largest absolute Gasteiger partial charge is 0.496 e. The van der Waals surface area contributed by atoms with E-state index in [9.17, 15) is 19.5 Å². The average molecular weight is 723 g/mol. The van der Waals surface area contributed by atoms with Gasteiger partial charge in [-0.05, 0) is 64.2 Å². The summed E-state index contributed by atoms with van der Waals surface area (Å²) in [6, 6.07) is 21.0. The predicted molar refractivity (Wildman–Crippen MR) is 200 cm³/mol. The summed E-state index contributed by atoms with van der Waals surface area (Å²) in [5.74, 6) is 0.0951. The lowest BCUT2D eigenvalue weighted by molar-refractivity contribution is -0.124. The number of piperidine rings is 1. The number of anilines is 2. The minimum Gasteiger partial charge on any atom is -0.496 e. The molecule has 3 aromatic carbocycles. The molecule has 51 heavy (non-hydrogen) atoms. The summed E-state index contributed by atoms with van der Waals surface area (Å²) in [7, 11) is 1.52. The average Bonchev–Trinajstić information content (AvgIpc) is 3.11. The summed E-state index contributed by atoms with van der Waals surface area (Å²) in [4.78, 5) is 42.4. The molecule has 3 aromatic rings. The number of hydrogen-bond donors (Lipinski definition) is 3. The molecule has 4 rings (SSSR count). The highest BCUT2D eigenvalue weighted by Crippen LogP contribution is 2.33. The predicted octanol–water partition coefficient (Wildman–Crippen LogP) is 6.97. The molecule has 1 aliphatic rings. The van der Waals surface area contributed by atoms with Gasteiger partial charge in [0.1, 0.15) is 18.0 Å². The number of halogens is 1. The van der Waals surface area contributed by atoms with Gasteiger partial charge in [-0.2, -0.15) is 0 Å². The van der Waals surface area contributed by atoms with Crippen molar-refractivity contribution in [1.82, 2.24) is 9.80 Å². The van der Waals surface area contributed by atoms with Crippen LogP contribution in [-0.2, 0) is 25.6 Å². The molecule has 0 unspecified atom stereocenters.